The lowest BCUT2D eigenvalue weighted by Gasteiger charge is -2.00. The summed E-state index contributed by atoms with van der Waals surface area (Å²) in [6, 6.07) is 0. The van der Waals surface area contributed by atoms with E-state index in [-0.39, 0.29) is 5.76 Å². The van der Waals surface area contributed by atoms with Crippen LogP contribution in [0.3, 0.4) is 0 Å². The number of hydrogen-bond donors (Lipinski definition) is 2. The standard InChI is InChI=1S/C12H14O5/c1-2-3-4-8-6-17-7-9(8)10(13)5-11(14)12(15)16/h5-7,13H,2-4H2,1H3,(H,15,16). The first kappa shape index (κ1) is 13.0. The Balaban J connectivity index is 2.88. The molecule has 5 heteroatoms. The minimum absolute atomic E-state index is 0.369. The van der Waals surface area contributed by atoms with Gasteiger partial charge in [0.05, 0.1) is 11.8 Å². The fourth-order valence-corrected chi connectivity index (χ4v) is 1.37. The van der Waals surface area contributed by atoms with Gasteiger partial charge in [-0.15, -0.1) is 0 Å². The third-order valence-corrected chi connectivity index (χ3v) is 2.30. The van der Waals surface area contributed by atoms with Crippen molar-refractivity contribution in [3.8, 4) is 0 Å². The highest BCUT2D eigenvalue weighted by atomic mass is 16.4. The Morgan fingerprint density at radius 3 is 2.65 bits per heavy atom. The fourth-order valence-electron chi connectivity index (χ4n) is 1.37. The van der Waals surface area contributed by atoms with Crippen LogP contribution in [0.2, 0.25) is 0 Å². The highest BCUT2D eigenvalue weighted by Gasteiger charge is 2.14. The Bertz CT molecular complexity index is 442. The summed E-state index contributed by atoms with van der Waals surface area (Å²) < 4.78 is 4.95. The maximum absolute atomic E-state index is 10.9. The smallest absolute Gasteiger partial charge is 0.376 e. The summed E-state index contributed by atoms with van der Waals surface area (Å²) in [4.78, 5) is 21.2. The second-order valence-corrected chi connectivity index (χ2v) is 3.61. The highest BCUT2D eigenvalue weighted by molar-refractivity contribution is 6.38. The predicted octanol–water partition coefficient (Wildman–Crippen LogP) is 2.17. The molecule has 0 fully saturated rings. The summed E-state index contributed by atoms with van der Waals surface area (Å²) in [7, 11) is 0. The molecule has 0 saturated heterocycles. The maximum Gasteiger partial charge on any atom is 0.376 e. The number of carbonyl (C=O) groups excluding carboxylic acids is 1. The molecule has 0 atom stereocenters. The number of unbranched alkanes of at least 4 members (excludes halogenated alkanes) is 1. The van der Waals surface area contributed by atoms with E-state index in [1.54, 1.807) is 0 Å². The van der Waals surface area contributed by atoms with Gasteiger partial charge in [0.25, 0.3) is 5.78 Å². The monoisotopic (exact) mass is 238 g/mol. The van der Waals surface area contributed by atoms with Crippen molar-refractivity contribution in [1.82, 2.24) is 0 Å². The van der Waals surface area contributed by atoms with Crippen molar-refractivity contribution in [1.29, 1.82) is 0 Å². The van der Waals surface area contributed by atoms with Gasteiger partial charge in [0.15, 0.2) is 0 Å². The van der Waals surface area contributed by atoms with E-state index in [1.807, 2.05) is 6.92 Å². The van der Waals surface area contributed by atoms with E-state index < -0.39 is 11.8 Å². The number of ketones is 1. The minimum atomic E-state index is -1.60. The van der Waals surface area contributed by atoms with Crippen LogP contribution in [0.5, 0.6) is 0 Å². The lowest BCUT2D eigenvalue weighted by molar-refractivity contribution is -0.146. The molecule has 1 heterocycles. The van der Waals surface area contributed by atoms with Crippen LogP contribution >= 0.6 is 0 Å². The van der Waals surface area contributed by atoms with E-state index in [9.17, 15) is 14.7 Å². The normalized spacial score (nSPS) is 11.5. The molecule has 0 radical (unpaired) electrons. The summed E-state index contributed by atoms with van der Waals surface area (Å²) >= 11 is 0. The lowest BCUT2D eigenvalue weighted by Crippen LogP contribution is -2.09. The average Bonchev–Trinajstić information content (AvgIpc) is 2.74. The first-order valence-corrected chi connectivity index (χ1v) is 5.29. The second kappa shape index (κ2) is 5.89. The average molecular weight is 238 g/mol. The maximum atomic E-state index is 10.9. The fraction of sp³-hybridized carbons (Fsp3) is 0.333. The van der Waals surface area contributed by atoms with Gasteiger partial charge in [0.2, 0.25) is 0 Å². The number of hydrogen-bond acceptors (Lipinski definition) is 4. The number of furan rings is 1. The molecule has 0 aliphatic rings. The van der Waals surface area contributed by atoms with E-state index in [2.05, 4.69) is 0 Å². The zero-order valence-corrected chi connectivity index (χ0v) is 9.47. The number of rotatable bonds is 6. The van der Waals surface area contributed by atoms with Gasteiger partial charge in [-0.3, -0.25) is 4.79 Å². The molecule has 0 spiro atoms. The quantitative estimate of drug-likeness (QED) is 0.450. The summed E-state index contributed by atoms with van der Waals surface area (Å²) in [5, 5.41) is 18.0. The number of aliphatic carboxylic acids is 1. The minimum Gasteiger partial charge on any atom is -0.507 e. The number of aliphatic hydroxyl groups is 1. The molecule has 1 aromatic rings. The summed E-state index contributed by atoms with van der Waals surface area (Å²) in [5.74, 6) is -3.14. The van der Waals surface area contributed by atoms with Gasteiger partial charge >= 0.3 is 5.97 Å². The Kier molecular flexibility index (Phi) is 4.51. The molecule has 17 heavy (non-hydrogen) atoms. The number of aryl methyl sites for hydroxylation is 1. The van der Waals surface area contributed by atoms with Crippen molar-refractivity contribution in [2.75, 3.05) is 0 Å². The van der Waals surface area contributed by atoms with Gasteiger partial charge in [0, 0.05) is 11.6 Å². The van der Waals surface area contributed by atoms with Gasteiger partial charge in [-0.1, -0.05) is 13.3 Å². The van der Waals surface area contributed by atoms with Crippen molar-refractivity contribution in [3.05, 3.63) is 29.7 Å². The molecular weight excluding hydrogens is 224 g/mol. The van der Waals surface area contributed by atoms with Crippen LogP contribution in [0.25, 0.3) is 5.76 Å². The van der Waals surface area contributed by atoms with E-state index in [0.717, 1.165) is 18.4 Å². The molecule has 2 N–H and O–H groups in total. The second-order valence-electron chi connectivity index (χ2n) is 3.61. The highest BCUT2D eigenvalue weighted by Crippen LogP contribution is 2.20. The molecule has 0 bridgehead atoms. The zero-order valence-electron chi connectivity index (χ0n) is 9.47. The zero-order chi connectivity index (χ0) is 12.8. The van der Waals surface area contributed by atoms with Crippen LogP contribution in [0.15, 0.2) is 23.0 Å². The van der Waals surface area contributed by atoms with Gasteiger partial charge < -0.3 is 14.6 Å². The van der Waals surface area contributed by atoms with Crippen molar-refractivity contribution in [2.45, 2.75) is 26.2 Å². The van der Waals surface area contributed by atoms with Crippen molar-refractivity contribution in [3.63, 3.8) is 0 Å². The van der Waals surface area contributed by atoms with Crippen molar-refractivity contribution in [2.24, 2.45) is 0 Å². The van der Waals surface area contributed by atoms with E-state index >= 15 is 0 Å². The SMILES string of the molecule is CCCCc1cocc1C(O)=CC(=O)C(=O)O. The molecule has 5 nitrogen and oxygen atoms in total. The molecule has 92 valence electrons. The number of carbonyl (C=O) groups is 2. The van der Waals surface area contributed by atoms with Crippen LogP contribution in [0, 0.1) is 0 Å². The molecule has 0 aliphatic carbocycles. The van der Waals surface area contributed by atoms with E-state index in [1.165, 1.54) is 12.5 Å². The van der Waals surface area contributed by atoms with Crippen LogP contribution < -0.4 is 0 Å². The Labute approximate surface area is 98.4 Å². The summed E-state index contributed by atoms with van der Waals surface area (Å²) in [5.41, 5.74) is 1.13. The number of aliphatic hydroxyl groups excluding tert-OH is 1. The van der Waals surface area contributed by atoms with Crippen LogP contribution in [0.4, 0.5) is 0 Å². The largest absolute Gasteiger partial charge is 0.507 e. The molecule has 0 unspecified atom stereocenters. The Morgan fingerprint density at radius 1 is 1.35 bits per heavy atom. The third-order valence-electron chi connectivity index (χ3n) is 2.30. The third kappa shape index (κ3) is 3.48. The predicted molar refractivity (Wildman–Crippen MR) is 60.6 cm³/mol. The molecule has 1 aromatic heterocycles. The summed E-state index contributed by atoms with van der Waals surface area (Å²) in [6.07, 6.45) is 6.09. The van der Waals surface area contributed by atoms with Crippen molar-refractivity contribution >= 4 is 17.5 Å². The molecule has 0 aromatic carbocycles. The lowest BCUT2D eigenvalue weighted by atomic mass is 10.1. The Hall–Kier alpha value is -2.04. The van der Waals surface area contributed by atoms with E-state index in [0.29, 0.717) is 18.1 Å². The number of carboxylic acid groups (broad SMARTS) is 1. The number of carboxylic acids is 1. The van der Waals surface area contributed by atoms with Gasteiger partial charge in [-0.05, 0) is 12.8 Å². The molecular formula is C12H14O5. The van der Waals surface area contributed by atoms with Crippen LogP contribution in [0.1, 0.15) is 30.9 Å². The van der Waals surface area contributed by atoms with Gasteiger partial charge in [-0.2, -0.15) is 0 Å². The molecule has 0 amide bonds. The first-order valence-electron chi connectivity index (χ1n) is 5.29. The molecule has 1 rings (SSSR count). The summed E-state index contributed by atoms with van der Waals surface area (Å²) in [6.45, 7) is 2.03. The first-order chi connectivity index (χ1) is 8.06. The van der Waals surface area contributed by atoms with E-state index in [4.69, 9.17) is 9.52 Å². The van der Waals surface area contributed by atoms with Crippen LogP contribution in [-0.4, -0.2) is 22.0 Å². The van der Waals surface area contributed by atoms with Gasteiger partial charge in [0.1, 0.15) is 12.0 Å². The molecule has 0 aliphatic heterocycles. The van der Waals surface area contributed by atoms with Gasteiger partial charge in [-0.25, -0.2) is 4.79 Å². The molecule has 0 saturated carbocycles. The van der Waals surface area contributed by atoms with Crippen LogP contribution in [-0.2, 0) is 16.0 Å². The van der Waals surface area contributed by atoms with Crippen molar-refractivity contribution < 1.29 is 24.2 Å². The Morgan fingerprint density at radius 2 is 2.06 bits per heavy atom. The topological polar surface area (TPSA) is 87.7 Å².